The summed E-state index contributed by atoms with van der Waals surface area (Å²) in [5.41, 5.74) is -1.35. The number of piperidine rings is 1. The molecule has 1 aromatic rings. The molecule has 24 heavy (non-hydrogen) atoms. The summed E-state index contributed by atoms with van der Waals surface area (Å²) in [5, 5.41) is 22.1. The summed E-state index contributed by atoms with van der Waals surface area (Å²) < 4.78 is 26.1. The summed E-state index contributed by atoms with van der Waals surface area (Å²) in [4.78, 5) is 25.3. The van der Waals surface area contributed by atoms with E-state index in [1.807, 2.05) is 0 Å². The van der Waals surface area contributed by atoms with Crippen LogP contribution in [0.4, 0.5) is 19.3 Å². The van der Waals surface area contributed by atoms with E-state index in [9.17, 15) is 28.6 Å². The van der Waals surface area contributed by atoms with E-state index in [1.54, 1.807) is 6.92 Å². The summed E-state index contributed by atoms with van der Waals surface area (Å²) >= 11 is 0. The van der Waals surface area contributed by atoms with Gasteiger partial charge in [-0.15, -0.1) is 0 Å². The van der Waals surface area contributed by atoms with Crippen LogP contribution in [0.2, 0.25) is 0 Å². The summed E-state index contributed by atoms with van der Waals surface area (Å²) in [6.45, 7) is 1.83. The van der Waals surface area contributed by atoms with Gasteiger partial charge in [-0.25, -0.2) is 13.6 Å². The fraction of sp³-hybridized carbons (Fsp3) is 0.500. The third-order valence-corrected chi connectivity index (χ3v) is 4.36. The first-order valence-electron chi connectivity index (χ1n) is 7.72. The molecule has 6 nitrogen and oxygen atoms in total. The van der Waals surface area contributed by atoms with E-state index in [1.165, 1.54) is 11.0 Å². The molecule has 2 rings (SSSR count). The second-order valence-corrected chi connectivity index (χ2v) is 6.00. The molecule has 1 aromatic carbocycles. The number of carboxylic acids is 1. The number of nitrogens with one attached hydrogen (secondary N) is 1. The normalized spacial score (nSPS) is 23.8. The summed E-state index contributed by atoms with van der Waals surface area (Å²) in [5.74, 6) is -3.27. The van der Waals surface area contributed by atoms with Crippen molar-refractivity contribution in [3.8, 4) is 0 Å². The molecule has 0 unspecified atom stereocenters. The lowest BCUT2D eigenvalue weighted by molar-refractivity contribution is -0.162. The number of hydrogen-bond acceptors (Lipinski definition) is 3. The van der Waals surface area contributed by atoms with Crippen molar-refractivity contribution < 1.29 is 28.6 Å². The maximum Gasteiger partial charge on any atom is 0.321 e. The Hall–Kier alpha value is -2.22. The minimum Gasteiger partial charge on any atom is -0.481 e. The third kappa shape index (κ3) is 3.48. The summed E-state index contributed by atoms with van der Waals surface area (Å²) in [6, 6.07) is 2.34. The third-order valence-electron chi connectivity index (χ3n) is 4.36. The molecule has 1 aliphatic rings. The predicted octanol–water partition coefficient (Wildman–Crippen LogP) is 2.43. The SMILES string of the molecule is CCC[C@@]1(C(=O)O)CN(C(=O)Nc2ccc(F)c(F)c2)CC[C@H]1O. The molecule has 0 saturated carbocycles. The van der Waals surface area contributed by atoms with Crippen LogP contribution in [0, 0.1) is 17.0 Å². The molecule has 0 spiro atoms. The number of aliphatic hydroxyl groups excluding tert-OH is 1. The lowest BCUT2D eigenvalue weighted by Crippen LogP contribution is -2.57. The molecule has 1 fully saturated rings. The number of benzene rings is 1. The van der Waals surface area contributed by atoms with Gasteiger partial charge in [-0.1, -0.05) is 13.3 Å². The topological polar surface area (TPSA) is 89.9 Å². The van der Waals surface area contributed by atoms with Crippen molar-refractivity contribution in [1.82, 2.24) is 4.90 Å². The molecule has 2 atom stereocenters. The Balaban J connectivity index is 2.14. The highest BCUT2D eigenvalue weighted by Gasteiger charge is 2.49. The van der Waals surface area contributed by atoms with Crippen molar-refractivity contribution in [3.05, 3.63) is 29.8 Å². The van der Waals surface area contributed by atoms with Crippen LogP contribution in [-0.2, 0) is 4.79 Å². The predicted molar refractivity (Wildman–Crippen MR) is 82.6 cm³/mol. The lowest BCUT2D eigenvalue weighted by atomic mass is 9.74. The van der Waals surface area contributed by atoms with Crippen LogP contribution >= 0.6 is 0 Å². The van der Waals surface area contributed by atoms with E-state index >= 15 is 0 Å². The minimum atomic E-state index is -1.42. The fourth-order valence-electron chi connectivity index (χ4n) is 3.04. The standard InChI is InChI=1S/C16H20F2N2O4/c1-2-6-16(14(22)23)9-20(7-5-13(16)21)15(24)19-10-3-4-11(17)12(18)8-10/h3-4,8,13,21H,2,5-7,9H2,1H3,(H,19,24)(H,22,23)/t13-,16-/m1/s1. The molecule has 132 valence electrons. The van der Waals surface area contributed by atoms with E-state index in [2.05, 4.69) is 5.32 Å². The number of nitrogens with zero attached hydrogens (tertiary/aromatic N) is 1. The summed E-state index contributed by atoms with van der Waals surface area (Å²) in [6.07, 6.45) is -0.125. The van der Waals surface area contributed by atoms with Gasteiger partial charge in [-0.3, -0.25) is 4.79 Å². The Kier molecular flexibility index (Phi) is 5.38. The Morgan fingerprint density at radius 3 is 2.67 bits per heavy atom. The maximum atomic E-state index is 13.2. The molecule has 2 amide bonds. The quantitative estimate of drug-likeness (QED) is 0.784. The van der Waals surface area contributed by atoms with Crippen LogP contribution in [0.3, 0.4) is 0 Å². The number of hydrogen-bond donors (Lipinski definition) is 3. The Bertz CT molecular complexity index is 641. The molecule has 0 aliphatic carbocycles. The van der Waals surface area contributed by atoms with Gasteiger partial charge in [0.05, 0.1) is 6.10 Å². The van der Waals surface area contributed by atoms with Gasteiger partial charge in [-0.05, 0) is 25.0 Å². The van der Waals surface area contributed by atoms with Crippen molar-refractivity contribution in [2.45, 2.75) is 32.3 Å². The number of aliphatic carboxylic acids is 1. The number of halogens is 2. The molecule has 0 aromatic heterocycles. The molecule has 1 heterocycles. The molecule has 1 aliphatic heterocycles. The maximum absolute atomic E-state index is 13.2. The zero-order valence-corrected chi connectivity index (χ0v) is 13.3. The van der Waals surface area contributed by atoms with Gasteiger partial charge in [0, 0.05) is 24.8 Å². The minimum absolute atomic E-state index is 0.0708. The van der Waals surface area contributed by atoms with Gasteiger partial charge in [0.25, 0.3) is 0 Å². The average molecular weight is 342 g/mol. The number of anilines is 1. The fourth-order valence-corrected chi connectivity index (χ4v) is 3.04. The molecular formula is C16H20F2N2O4. The van der Waals surface area contributed by atoms with Crippen molar-refractivity contribution >= 4 is 17.7 Å². The zero-order chi connectivity index (χ0) is 17.9. The lowest BCUT2D eigenvalue weighted by Gasteiger charge is -2.43. The molecule has 1 saturated heterocycles. The average Bonchev–Trinajstić information content (AvgIpc) is 2.53. The van der Waals surface area contributed by atoms with Crippen molar-refractivity contribution in [3.63, 3.8) is 0 Å². The van der Waals surface area contributed by atoms with E-state index < -0.39 is 35.2 Å². The van der Waals surface area contributed by atoms with Crippen LogP contribution in [0.5, 0.6) is 0 Å². The van der Waals surface area contributed by atoms with Crippen LogP contribution < -0.4 is 5.32 Å². The van der Waals surface area contributed by atoms with Gasteiger partial charge in [0.15, 0.2) is 11.6 Å². The highest BCUT2D eigenvalue weighted by atomic mass is 19.2. The van der Waals surface area contributed by atoms with Crippen molar-refractivity contribution in [2.24, 2.45) is 5.41 Å². The number of aliphatic hydroxyl groups is 1. The number of carboxylic acid groups (broad SMARTS) is 1. The van der Waals surface area contributed by atoms with Crippen molar-refractivity contribution in [2.75, 3.05) is 18.4 Å². The second-order valence-electron chi connectivity index (χ2n) is 6.00. The first-order chi connectivity index (χ1) is 11.3. The first-order valence-corrected chi connectivity index (χ1v) is 7.72. The van der Waals surface area contributed by atoms with Crippen LogP contribution in [0.1, 0.15) is 26.2 Å². The first kappa shape index (κ1) is 18.1. The van der Waals surface area contributed by atoms with Gasteiger partial charge in [0.1, 0.15) is 5.41 Å². The smallest absolute Gasteiger partial charge is 0.321 e. The van der Waals surface area contributed by atoms with E-state index in [0.717, 1.165) is 12.1 Å². The van der Waals surface area contributed by atoms with Gasteiger partial charge >= 0.3 is 12.0 Å². The Morgan fingerprint density at radius 1 is 1.38 bits per heavy atom. The van der Waals surface area contributed by atoms with Gasteiger partial charge in [-0.2, -0.15) is 0 Å². The molecule has 0 radical (unpaired) electrons. The van der Waals surface area contributed by atoms with E-state index in [-0.39, 0.29) is 31.6 Å². The van der Waals surface area contributed by atoms with E-state index in [0.29, 0.717) is 6.42 Å². The van der Waals surface area contributed by atoms with E-state index in [4.69, 9.17) is 0 Å². The number of likely N-dealkylation sites (tertiary alicyclic amines) is 1. The summed E-state index contributed by atoms with van der Waals surface area (Å²) in [7, 11) is 0. The van der Waals surface area contributed by atoms with Crippen molar-refractivity contribution in [1.29, 1.82) is 0 Å². The molecule has 0 bridgehead atoms. The van der Waals surface area contributed by atoms with Gasteiger partial charge < -0.3 is 20.4 Å². The number of amides is 2. The van der Waals surface area contributed by atoms with Gasteiger partial charge in [0.2, 0.25) is 0 Å². The highest BCUT2D eigenvalue weighted by Crippen LogP contribution is 2.35. The Labute approximate surface area is 138 Å². The number of carbonyl (C=O) groups excluding carboxylic acids is 1. The van der Waals surface area contributed by atoms with Crippen LogP contribution in [-0.4, -0.2) is 46.3 Å². The molecule has 3 N–H and O–H groups in total. The largest absolute Gasteiger partial charge is 0.481 e. The molecule has 8 heteroatoms. The zero-order valence-electron chi connectivity index (χ0n) is 13.3. The monoisotopic (exact) mass is 342 g/mol. The van der Waals surface area contributed by atoms with Crippen LogP contribution in [0.25, 0.3) is 0 Å². The number of rotatable bonds is 4. The molecular weight excluding hydrogens is 322 g/mol. The second kappa shape index (κ2) is 7.12. The number of carbonyl (C=O) groups is 2. The Morgan fingerprint density at radius 2 is 2.08 bits per heavy atom. The van der Waals surface area contributed by atoms with Crippen LogP contribution in [0.15, 0.2) is 18.2 Å². The highest BCUT2D eigenvalue weighted by molar-refractivity contribution is 5.90. The number of urea groups is 1.